The standard InChI is InChI=1S/C79H59N3/c1-5-18-60(19-6-1)64-40-42-65(43-41-64)75-52-79(71-31-17-28-68(51-71)63-24-11-4-12-25-63)82-55-76(75)74-33-14-13-32-73(74)72-47-58(36-34-56-38-44-77(80-53-56)69-29-15-26-66(49-69)61-20-7-2-8-21-61)46-59(48-72)37-35-57-39-45-78(81-54-57)70-30-16-27-67(50-70)62-22-9-3-10-23-62/h1-33,38-55H,34-37H2. The van der Waals surface area contributed by atoms with E-state index in [4.69, 9.17) is 15.0 Å². The van der Waals surface area contributed by atoms with Gasteiger partial charge in [-0.1, -0.05) is 255 Å². The summed E-state index contributed by atoms with van der Waals surface area (Å²) in [5.74, 6) is 0. The van der Waals surface area contributed by atoms with Gasteiger partial charge in [0.1, 0.15) is 0 Å². The molecule has 13 rings (SSSR count). The molecular weight excluding hydrogens is 991 g/mol. The quantitative estimate of drug-likeness (QED) is 0.0968. The van der Waals surface area contributed by atoms with E-state index in [1.54, 1.807) is 0 Å². The number of pyridine rings is 3. The van der Waals surface area contributed by atoms with E-state index >= 15 is 0 Å². The van der Waals surface area contributed by atoms with Crippen LogP contribution in [0.4, 0.5) is 0 Å². The van der Waals surface area contributed by atoms with Gasteiger partial charge in [0, 0.05) is 40.8 Å². The molecule has 10 aromatic carbocycles. The van der Waals surface area contributed by atoms with Crippen LogP contribution in [-0.2, 0) is 25.7 Å². The number of rotatable bonds is 16. The Balaban J connectivity index is 0.843. The van der Waals surface area contributed by atoms with Crippen molar-refractivity contribution in [1.29, 1.82) is 0 Å². The topological polar surface area (TPSA) is 38.7 Å². The van der Waals surface area contributed by atoms with Gasteiger partial charge in [-0.15, -0.1) is 0 Å². The van der Waals surface area contributed by atoms with Gasteiger partial charge in [-0.25, -0.2) is 0 Å². The lowest BCUT2D eigenvalue weighted by atomic mass is 9.87. The minimum atomic E-state index is 0.860. The maximum absolute atomic E-state index is 5.28. The van der Waals surface area contributed by atoms with Crippen LogP contribution in [0.1, 0.15) is 22.3 Å². The lowest BCUT2D eigenvalue weighted by Crippen LogP contribution is -1.99. The summed E-state index contributed by atoms with van der Waals surface area (Å²) >= 11 is 0. The number of hydrogen-bond donors (Lipinski definition) is 0. The van der Waals surface area contributed by atoms with Crippen molar-refractivity contribution in [2.75, 3.05) is 0 Å². The fourth-order valence-electron chi connectivity index (χ4n) is 11.2. The first-order chi connectivity index (χ1) is 40.6. The highest BCUT2D eigenvalue weighted by Gasteiger charge is 2.18. The minimum Gasteiger partial charge on any atom is -0.256 e. The van der Waals surface area contributed by atoms with E-state index in [0.29, 0.717) is 0 Å². The number of nitrogens with zero attached hydrogens (tertiary/aromatic N) is 3. The van der Waals surface area contributed by atoms with Crippen LogP contribution in [0.15, 0.2) is 310 Å². The number of aromatic nitrogens is 3. The Bertz CT molecular complexity index is 4120. The van der Waals surface area contributed by atoms with Crippen molar-refractivity contribution in [3.63, 3.8) is 0 Å². The zero-order valence-electron chi connectivity index (χ0n) is 45.6. The summed E-state index contributed by atoms with van der Waals surface area (Å²) in [6.45, 7) is 0. The average Bonchev–Trinajstić information content (AvgIpc) is 3.74. The zero-order valence-corrected chi connectivity index (χ0v) is 45.6. The van der Waals surface area contributed by atoms with Gasteiger partial charge in [0.15, 0.2) is 0 Å². The molecule has 0 atom stereocenters. The zero-order chi connectivity index (χ0) is 54.9. The van der Waals surface area contributed by atoms with Crippen molar-refractivity contribution in [2.45, 2.75) is 25.7 Å². The van der Waals surface area contributed by atoms with Gasteiger partial charge in [0.2, 0.25) is 0 Å². The molecule has 3 nitrogen and oxygen atoms in total. The summed E-state index contributed by atoms with van der Waals surface area (Å²) in [4.78, 5) is 15.3. The van der Waals surface area contributed by atoms with Crippen LogP contribution in [0, 0.1) is 0 Å². The van der Waals surface area contributed by atoms with E-state index in [9.17, 15) is 0 Å². The van der Waals surface area contributed by atoms with E-state index in [1.165, 1.54) is 72.3 Å². The molecule has 0 spiro atoms. The fourth-order valence-corrected chi connectivity index (χ4v) is 11.2. The average molecular weight is 1050 g/mol. The second-order valence-corrected chi connectivity index (χ2v) is 21.1. The van der Waals surface area contributed by atoms with Gasteiger partial charge in [0.25, 0.3) is 0 Å². The summed E-state index contributed by atoms with van der Waals surface area (Å²) in [5.41, 5.74) is 27.5. The van der Waals surface area contributed by atoms with E-state index < -0.39 is 0 Å². The molecule has 0 aliphatic rings. The van der Waals surface area contributed by atoms with E-state index in [-0.39, 0.29) is 0 Å². The molecule has 0 aliphatic heterocycles. The Kier molecular flexibility index (Phi) is 14.9. The molecule has 390 valence electrons. The molecule has 0 amide bonds. The van der Waals surface area contributed by atoms with Gasteiger partial charge in [-0.05, 0) is 157 Å². The van der Waals surface area contributed by atoms with Gasteiger partial charge in [0.05, 0.1) is 17.1 Å². The third-order valence-corrected chi connectivity index (χ3v) is 15.6. The molecular formula is C79H59N3. The lowest BCUT2D eigenvalue weighted by Gasteiger charge is -2.18. The van der Waals surface area contributed by atoms with Crippen molar-refractivity contribution >= 4 is 0 Å². The molecule has 3 aromatic heterocycles. The van der Waals surface area contributed by atoms with Crippen LogP contribution < -0.4 is 0 Å². The smallest absolute Gasteiger partial charge is 0.0708 e. The third kappa shape index (κ3) is 11.7. The van der Waals surface area contributed by atoms with Crippen LogP contribution in [0.2, 0.25) is 0 Å². The van der Waals surface area contributed by atoms with Crippen molar-refractivity contribution in [3.8, 4) is 112 Å². The summed E-state index contributed by atoms with van der Waals surface area (Å²) in [6.07, 6.45) is 9.66. The Morgan fingerprint density at radius 3 is 0.976 bits per heavy atom. The highest BCUT2D eigenvalue weighted by Crippen LogP contribution is 2.41. The van der Waals surface area contributed by atoms with Crippen molar-refractivity contribution in [3.05, 3.63) is 332 Å². The predicted molar refractivity (Wildman–Crippen MR) is 342 cm³/mol. The molecule has 82 heavy (non-hydrogen) atoms. The monoisotopic (exact) mass is 1050 g/mol. The van der Waals surface area contributed by atoms with Crippen LogP contribution in [-0.4, -0.2) is 15.0 Å². The summed E-state index contributed by atoms with van der Waals surface area (Å²) < 4.78 is 0. The normalized spacial score (nSPS) is 11.1. The SMILES string of the molecule is c1ccc(-c2ccc(-c3cc(-c4cccc(-c5ccccc5)c4)ncc3-c3ccccc3-c3cc(CCc4ccc(-c5cccc(-c6ccccc6)c5)nc4)cc(CCc4ccc(-c5cccc(-c6ccccc6)c5)nc4)c3)cc2)cc1. The molecule has 13 aromatic rings. The Labute approximate surface area is 481 Å². The molecule has 0 fully saturated rings. The van der Waals surface area contributed by atoms with Crippen molar-refractivity contribution < 1.29 is 0 Å². The second kappa shape index (κ2) is 23.9. The van der Waals surface area contributed by atoms with Gasteiger partial charge < -0.3 is 0 Å². The minimum absolute atomic E-state index is 0.860. The van der Waals surface area contributed by atoms with Crippen LogP contribution in [0.5, 0.6) is 0 Å². The second-order valence-electron chi connectivity index (χ2n) is 21.1. The first kappa shape index (κ1) is 51.1. The maximum Gasteiger partial charge on any atom is 0.0708 e. The summed E-state index contributed by atoms with van der Waals surface area (Å²) in [7, 11) is 0. The maximum atomic E-state index is 5.28. The molecule has 0 bridgehead atoms. The third-order valence-electron chi connectivity index (χ3n) is 15.6. The molecule has 0 saturated heterocycles. The molecule has 0 N–H and O–H groups in total. The molecule has 0 radical (unpaired) electrons. The highest BCUT2D eigenvalue weighted by atomic mass is 14.7. The Morgan fingerprint density at radius 1 is 0.171 bits per heavy atom. The van der Waals surface area contributed by atoms with Gasteiger partial charge in [-0.2, -0.15) is 0 Å². The van der Waals surface area contributed by atoms with E-state index in [0.717, 1.165) is 87.3 Å². The number of aryl methyl sites for hydroxylation is 4. The number of benzene rings is 10. The summed E-state index contributed by atoms with van der Waals surface area (Å²) in [6, 6.07) is 105. The summed E-state index contributed by atoms with van der Waals surface area (Å²) in [5, 5.41) is 0. The largest absolute Gasteiger partial charge is 0.256 e. The fraction of sp³-hybridized carbons (Fsp3) is 0.0506. The number of hydrogen-bond acceptors (Lipinski definition) is 3. The molecule has 3 heteroatoms. The van der Waals surface area contributed by atoms with Crippen LogP contribution in [0.3, 0.4) is 0 Å². The molecule has 0 saturated carbocycles. The van der Waals surface area contributed by atoms with Crippen molar-refractivity contribution in [1.82, 2.24) is 15.0 Å². The first-order valence-corrected chi connectivity index (χ1v) is 28.4. The molecule has 0 aliphatic carbocycles. The lowest BCUT2D eigenvalue weighted by molar-refractivity contribution is 0.923. The van der Waals surface area contributed by atoms with E-state index in [2.05, 4.69) is 310 Å². The molecule has 0 unspecified atom stereocenters. The highest BCUT2D eigenvalue weighted by molar-refractivity contribution is 5.93. The Morgan fingerprint density at radius 2 is 0.524 bits per heavy atom. The van der Waals surface area contributed by atoms with E-state index in [1.807, 2.05) is 0 Å². The Hall–Kier alpha value is -10.4. The van der Waals surface area contributed by atoms with Crippen molar-refractivity contribution in [2.24, 2.45) is 0 Å². The predicted octanol–water partition coefficient (Wildman–Crippen LogP) is 20.1. The van der Waals surface area contributed by atoms with Crippen LogP contribution in [0.25, 0.3) is 112 Å². The van der Waals surface area contributed by atoms with Gasteiger partial charge >= 0.3 is 0 Å². The van der Waals surface area contributed by atoms with Gasteiger partial charge in [-0.3, -0.25) is 15.0 Å². The first-order valence-electron chi connectivity index (χ1n) is 28.4. The molecule has 3 heterocycles. The van der Waals surface area contributed by atoms with Crippen LogP contribution >= 0.6 is 0 Å².